The molecule has 90 valence electrons. The van der Waals surface area contributed by atoms with E-state index in [4.69, 9.17) is 5.11 Å². The Labute approximate surface area is 98.7 Å². The molecule has 1 atom stereocenters. The second kappa shape index (κ2) is 6.66. The van der Waals surface area contributed by atoms with Crippen LogP contribution in [0.3, 0.4) is 0 Å². The molecule has 1 rings (SSSR count). The van der Waals surface area contributed by atoms with Crippen molar-refractivity contribution in [1.82, 2.24) is 5.32 Å². The average molecular weight is 221 g/mol. The van der Waals surface area contributed by atoms with Crippen LogP contribution in [0.1, 0.15) is 36.5 Å². The fourth-order valence-electron chi connectivity index (χ4n) is 1.79. The molecule has 0 aliphatic carbocycles. The normalized spacial score (nSPS) is 12.8. The monoisotopic (exact) mass is 221 g/mol. The third-order valence-electron chi connectivity index (χ3n) is 2.79. The van der Waals surface area contributed by atoms with Crippen molar-refractivity contribution in [2.24, 2.45) is 0 Å². The van der Waals surface area contributed by atoms with E-state index in [-0.39, 0.29) is 6.10 Å². The molecular formula is C14H23NO. The average Bonchev–Trinajstić information content (AvgIpc) is 2.20. The highest BCUT2D eigenvalue weighted by Gasteiger charge is 1.99. The first-order valence-electron chi connectivity index (χ1n) is 6.04. The zero-order valence-electron chi connectivity index (χ0n) is 10.6. The predicted octanol–water partition coefficient (Wildman–Crippen LogP) is 2.55. The Bertz CT molecular complexity index is 321. The molecular weight excluding hydrogens is 198 g/mol. The van der Waals surface area contributed by atoms with Gasteiger partial charge in [-0.25, -0.2) is 0 Å². The van der Waals surface area contributed by atoms with Gasteiger partial charge in [-0.15, -0.1) is 0 Å². The van der Waals surface area contributed by atoms with Crippen molar-refractivity contribution in [2.75, 3.05) is 6.54 Å². The van der Waals surface area contributed by atoms with E-state index in [1.807, 2.05) is 6.92 Å². The van der Waals surface area contributed by atoms with Gasteiger partial charge in [0.15, 0.2) is 0 Å². The summed E-state index contributed by atoms with van der Waals surface area (Å²) in [5, 5.41) is 12.5. The van der Waals surface area contributed by atoms with Gasteiger partial charge in [0.1, 0.15) is 0 Å². The molecule has 1 aromatic carbocycles. The van der Waals surface area contributed by atoms with Crippen LogP contribution < -0.4 is 5.32 Å². The van der Waals surface area contributed by atoms with Crippen molar-refractivity contribution in [3.63, 3.8) is 0 Å². The fourth-order valence-corrected chi connectivity index (χ4v) is 1.79. The SMILES string of the molecule is Cc1ccc(CNCCCC(C)O)c(C)c1. The zero-order chi connectivity index (χ0) is 12.0. The summed E-state index contributed by atoms with van der Waals surface area (Å²) in [5.74, 6) is 0. The third-order valence-corrected chi connectivity index (χ3v) is 2.79. The molecule has 0 aliphatic heterocycles. The molecule has 0 saturated carbocycles. The summed E-state index contributed by atoms with van der Waals surface area (Å²) in [6.45, 7) is 8.00. The first-order chi connectivity index (χ1) is 7.59. The highest BCUT2D eigenvalue weighted by Crippen LogP contribution is 2.10. The molecule has 2 nitrogen and oxygen atoms in total. The number of aliphatic hydroxyl groups excluding tert-OH is 1. The maximum absolute atomic E-state index is 9.12. The molecule has 0 aromatic heterocycles. The van der Waals surface area contributed by atoms with Gasteiger partial charge in [0.05, 0.1) is 6.10 Å². The van der Waals surface area contributed by atoms with Crippen molar-refractivity contribution < 1.29 is 5.11 Å². The topological polar surface area (TPSA) is 32.3 Å². The van der Waals surface area contributed by atoms with Gasteiger partial charge in [0.2, 0.25) is 0 Å². The molecule has 2 N–H and O–H groups in total. The summed E-state index contributed by atoms with van der Waals surface area (Å²) in [7, 11) is 0. The molecule has 0 saturated heterocycles. The van der Waals surface area contributed by atoms with Crippen LogP contribution in [0.5, 0.6) is 0 Å². The number of aliphatic hydroxyl groups is 1. The summed E-state index contributed by atoms with van der Waals surface area (Å²) in [6, 6.07) is 6.55. The minimum atomic E-state index is -0.178. The van der Waals surface area contributed by atoms with E-state index in [1.165, 1.54) is 16.7 Å². The fraction of sp³-hybridized carbons (Fsp3) is 0.571. The van der Waals surface area contributed by atoms with Crippen LogP contribution in [0.2, 0.25) is 0 Å². The van der Waals surface area contributed by atoms with Gasteiger partial charge in [-0.2, -0.15) is 0 Å². The lowest BCUT2D eigenvalue weighted by atomic mass is 10.1. The van der Waals surface area contributed by atoms with Gasteiger partial charge in [-0.1, -0.05) is 23.8 Å². The summed E-state index contributed by atoms with van der Waals surface area (Å²) in [6.07, 6.45) is 1.73. The highest BCUT2D eigenvalue weighted by atomic mass is 16.3. The minimum absolute atomic E-state index is 0.178. The largest absolute Gasteiger partial charge is 0.393 e. The summed E-state index contributed by atoms with van der Waals surface area (Å²) in [5.41, 5.74) is 4.03. The first-order valence-corrected chi connectivity index (χ1v) is 6.04. The van der Waals surface area contributed by atoms with Crippen LogP contribution in [0, 0.1) is 13.8 Å². The van der Waals surface area contributed by atoms with E-state index in [0.717, 1.165) is 25.9 Å². The van der Waals surface area contributed by atoms with Crippen LogP contribution in [0.25, 0.3) is 0 Å². The molecule has 0 aliphatic rings. The summed E-state index contributed by atoms with van der Waals surface area (Å²) in [4.78, 5) is 0. The molecule has 0 fully saturated rings. The van der Waals surface area contributed by atoms with E-state index < -0.39 is 0 Å². The van der Waals surface area contributed by atoms with Crippen LogP contribution in [-0.4, -0.2) is 17.8 Å². The van der Waals surface area contributed by atoms with Crippen LogP contribution >= 0.6 is 0 Å². The Kier molecular flexibility index (Phi) is 5.50. The van der Waals surface area contributed by atoms with E-state index in [1.54, 1.807) is 0 Å². The number of hydrogen-bond donors (Lipinski definition) is 2. The van der Waals surface area contributed by atoms with Gasteiger partial charge in [0, 0.05) is 6.54 Å². The lowest BCUT2D eigenvalue weighted by Gasteiger charge is -2.09. The Morgan fingerprint density at radius 3 is 2.69 bits per heavy atom. The molecule has 0 spiro atoms. The van der Waals surface area contributed by atoms with E-state index >= 15 is 0 Å². The maximum Gasteiger partial charge on any atom is 0.0512 e. The second-order valence-corrected chi connectivity index (χ2v) is 4.60. The van der Waals surface area contributed by atoms with Gasteiger partial charge in [0.25, 0.3) is 0 Å². The number of benzene rings is 1. The predicted molar refractivity (Wildman–Crippen MR) is 68.5 cm³/mol. The van der Waals surface area contributed by atoms with E-state index in [0.29, 0.717) is 0 Å². The van der Waals surface area contributed by atoms with Gasteiger partial charge in [-0.05, 0) is 51.3 Å². The van der Waals surface area contributed by atoms with Crippen molar-refractivity contribution >= 4 is 0 Å². The van der Waals surface area contributed by atoms with Crippen molar-refractivity contribution in [2.45, 2.75) is 46.3 Å². The molecule has 2 heteroatoms. The Morgan fingerprint density at radius 2 is 2.06 bits per heavy atom. The lowest BCUT2D eigenvalue weighted by molar-refractivity contribution is 0.181. The zero-order valence-corrected chi connectivity index (χ0v) is 10.6. The molecule has 16 heavy (non-hydrogen) atoms. The molecule has 1 aromatic rings. The van der Waals surface area contributed by atoms with Gasteiger partial charge in [-0.3, -0.25) is 0 Å². The number of aryl methyl sites for hydroxylation is 2. The molecule has 1 unspecified atom stereocenters. The Hall–Kier alpha value is -0.860. The standard InChI is InChI=1S/C14H23NO/c1-11-6-7-14(12(2)9-11)10-15-8-4-5-13(3)16/h6-7,9,13,15-16H,4-5,8,10H2,1-3H3. The molecule has 0 heterocycles. The van der Waals surface area contributed by atoms with Gasteiger partial charge < -0.3 is 10.4 Å². The summed E-state index contributed by atoms with van der Waals surface area (Å²) < 4.78 is 0. The van der Waals surface area contributed by atoms with E-state index in [2.05, 4.69) is 37.4 Å². The van der Waals surface area contributed by atoms with Crippen molar-refractivity contribution in [3.8, 4) is 0 Å². The quantitative estimate of drug-likeness (QED) is 0.724. The van der Waals surface area contributed by atoms with Crippen molar-refractivity contribution in [3.05, 3.63) is 34.9 Å². The third kappa shape index (κ3) is 4.77. The first kappa shape index (κ1) is 13.2. The van der Waals surface area contributed by atoms with Gasteiger partial charge >= 0.3 is 0 Å². The lowest BCUT2D eigenvalue weighted by Crippen LogP contribution is -2.16. The number of rotatable bonds is 6. The molecule has 0 bridgehead atoms. The number of nitrogens with one attached hydrogen (secondary N) is 1. The Morgan fingerprint density at radius 1 is 1.31 bits per heavy atom. The second-order valence-electron chi connectivity index (χ2n) is 4.60. The van der Waals surface area contributed by atoms with Crippen LogP contribution in [0.4, 0.5) is 0 Å². The van der Waals surface area contributed by atoms with Crippen molar-refractivity contribution in [1.29, 1.82) is 0 Å². The Balaban J connectivity index is 2.27. The highest BCUT2D eigenvalue weighted by molar-refractivity contribution is 5.30. The maximum atomic E-state index is 9.12. The molecule has 0 radical (unpaired) electrons. The number of hydrogen-bond acceptors (Lipinski definition) is 2. The molecule has 0 amide bonds. The van der Waals surface area contributed by atoms with E-state index in [9.17, 15) is 0 Å². The smallest absolute Gasteiger partial charge is 0.0512 e. The van der Waals surface area contributed by atoms with Crippen LogP contribution in [-0.2, 0) is 6.54 Å². The summed E-state index contributed by atoms with van der Waals surface area (Å²) >= 11 is 0. The van der Waals surface area contributed by atoms with Crippen LogP contribution in [0.15, 0.2) is 18.2 Å². The minimum Gasteiger partial charge on any atom is -0.393 e.